The van der Waals surface area contributed by atoms with Gasteiger partial charge >= 0.3 is 6.09 Å². The zero-order valence-electron chi connectivity index (χ0n) is 63.6. The van der Waals surface area contributed by atoms with Crippen LogP contribution in [0.25, 0.3) is 0 Å². The van der Waals surface area contributed by atoms with E-state index in [9.17, 15) is 54.6 Å². The molecule has 12 aliphatic carbocycles. The van der Waals surface area contributed by atoms with Gasteiger partial charge in [0.2, 0.25) is 23.6 Å². The Kier molecular flexibility index (Phi) is 21.3. The molecule has 0 radical (unpaired) electrons. The number of nitrogens with one attached hydrogen (secondary N) is 5. The van der Waals surface area contributed by atoms with Crippen molar-refractivity contribution in [3.05, 3.63) is 35.9 Å². The zero-order chi connectivity index (χ0) is 72.3. The van der Waals surface area contributed by atoms with Gasteiger partial charge in [0.1, 0.15) is 12.6 Å². The highest BCUT2D eigenvalue weighted by Gasteiger charge is 2.70. The Morgan fingerprint density at radius 1 is 0.441 bits per heavy atom. The number of aliphatic hydroxyl groups is 6. The molecule has 11 N–H and O–H groups in total. The van der Waals surface area contributed by atoms with E-state index in [4.69, 9.17) is 4.74 Å². The largest absolute Gasteiger partial charge is 0.445 e. The van der Waals surface area contributed by atoms with E-state index in [1.165, 1.54) is 0 Å². The molecule has 0 unspecified atom stereocenters. The van der Waals surface area contributed by atoms with Gasteiger partial charge in [-0.15, -0.1) is 0 Å². The molecule has 12 saturated carbocycles. The molecule has 0 aromatic heterocycles. The molecule has 24 bridgehead atoms. The molecule has 13 heterocycles. The van der Waals surface area contributed by atoms with Crippen molar-refractivity contribution in [1.82, 2.24) is 26.6 Å². The van der Waals surface area contributed by atoms with Gasteiger partial charge in [-0.3, -0.25) is 19.2 Å². The summed E-state index contributed by atoms with van der Waals surface area (Å²) >= 11 is 0. The minimum absolute atomic E-state index is 0.0204. The number of amides is 5. The van der Waals surface area contributed by atoms with Crippen molar-refractivity contribution >= 4 is 29.7 Å². The van der Waals surface area contributed by atoms with Gasteiger partial charge in [0.05, 0.1) is 36.6 Å². The monoisotopic (exact) mass is 1420 g/mol. The summed E-state index contributed by atoms with van der Waals surface area (Å²) in [5.41, 5.74) is -0.617. The Balaban J connectivity index is 0.677. The Morgan fingerprint density at radius 2 is 0.794 bits per heavy atom. The van der Waals surface area contributed by atoms with Crippen LogP contribution in [0, 0.1) is 139 Å². The van der Waals surface area contributed by atoms with Crippen molar-refractivity contribution in [3.8, 4) is 0 Å². The van der Waals surface area contributed by atoms with Gasteiger partial charge in [-0.2, -0.15) is 0 Å². The molecule has 17 nitrogen and oxygen atoms in total. The maximum atomic E-state index is 14.8. The van der Waals surface area contributed by atoms with E-state index in [0.717, 1.165) is 108 Å². The summed E-state index contributed by atoms with van der Waals surface area (Å²) < 4.78 is 5.49. The molecular formula is C85H133N5O12. The highest BCUT2D eigenvalue weighted by molar-refractivity contribution is 5.87. The molecule has 13 saturated heterocycles. The second-order valence-corrected chi connectivity index (χ2v) is 39.1. The number of hydrogen-bond acceptors (Lipinski definition) is 12. The molecule has 17 heteroatoms. The Labute approximate surface area is 610 Å². The number of aliphatic hydroxyl groups excluding tert-OH is 6. The molecule has 102 heavy (non-hydrogen) atoms. The van der Waals surface area contributed by atoms with Crippen LogP contribution >= 0.6 is 0 Å². The van der Waals surface area contributed by atoms with E-state index in [1.807, 2.05) is 30.3 Å². The first kappa shape index (κ1) is 75.0. The average molecular weight is 1420 g/mol. The second-order valence-electron chi connectivity index (χ2n) is 39.1. The first-order valence-electron chi connectivity index (χ1n) is 41.7. The summed E-state index contributed by atoms with van der Waals surface area (Å²) in [7, 11) is 0. The quantitative estimate of drug-likeness (QED) is 0.119. The van der Waals surface area contributed by atoms with E-state index in [1.54, 1.807) is 0 Å². The Bertz CT molecular complexity index is 3190. The summed E-state index contributed by atoms with van der Waals surface area (Å²) in [4.78, 5) is 70.3. The Hall–Kier alpha value is -3.87. The molecule has 1 aromatic carbocycles. The number of benzene rings is 1. The molecule has 34 atom stereocenters. The fourth-order valence-corrected chi connectivity index (χ4v) is 29.2. The molecule has 1 aromatic rings. The molecule has 570 valence electrons. The van der Waals surface area contributed by atoms with Crippen LogP contribution in [0.2, 0.25) is 0 Å². The lowest BCUT2D eigenvalue weighted by Crippen LogP contribution is -2.63. The lowest BCUT2D eigenvalue weighted by atomic mass is 9.43. The van der Waals surface area contributed by atoms with Gasteiger partial charge in [0.15, 0.2) is 0 Å². The third-order valence-corrected chi connectivity index (χ3v) is 35.0. The lowest BCUT2D eigenvalue weighted by Gasteiger charge is -2.64. The fraction of sp³-hybridized carbons (Fsp3) is 0.871. The van der Waals surface area contributed by atoms with E-state index in [0.29, 0.717) is 77.0 Å². The van der Waals surface area contributed by atoms with Crippen LogP contribution in [0.5, 0.6) is 0 Å². The van der Waals surface area contributed by atoms with Crippen molar-refractivity contribution in [2.24, 2.45) is 139 Å². The predicted molar refractivity (Wildman–Crippen MR) is 391 cm³/mol. The highest BCUT2D eigenvalue weighted by Crippen LogP contribution is 2.72. The third kappa shape index (κ3) is 13.1. The second kappa shape index (κ2) is 28.9. The number of carbonyl (C=O) groups is 5. The number of alkyl carbamates (subject to hydrolysis) is 1. The van der Waals surface area contributed by atoms with E-state index in [-0.39, 0.29) is 190 Å². The summed E-state index contributed by atoms with van der Waals surface area (Å²) in [5, 5.41) is 91.7. The van der Waals surface area contributed by atoms with E-state index in [2.05, 4.69) is 88.9 Å². The van der Waals surface area contributed by atoms with Gasteiger partial charge in [0.25, 0.3) is 0 Å². The smallest absolute Gasteiger partial charge is 0.407 e. The first-order chi connectivity index (χ1) is 48.5. The molecule has 13 aliphatic heterocycles. The van der Waals surface area contributed by atoms with Crippen LogP contribution in [-0.4, -0.2) is 128 Å². The van der Waals surface area contributed by atoms with Crippen LogP contribution in [0.4, 0.5) is 4.79 Å². The Morgan fingerprint density at radius 3 is 1.18 bits per heavy atom. The molecular weight excluding hydrogens is 1280 g/mol. The summed E-state index contributed by atoms with van der Waals surface area (Å²) in [6.07, 6.45) is 17.2. The minimum Gasteiger partial charge on any atom is -0.445 e. The van der Waals surface area contributed by atoms with Crippen molar-refractivity contribution < 1.29 is 59.3 Å². The molecule has 25 fully saturated rings. The number of ether oxygens (including phenoxy) is 1. The highest BCUT2D eigenvalue weighted by atomic mass is 16.5. The van der Waals surface area contributed by atoms with Gasteiger partial charge in [-0.25, -0.2) is 4.79 Å². The average Bonchev–Trinajstić information content (AvgIpc) is 1.36. The molecule has 26 rings (SSSR count). The van der Waals surface area contributed by atoms with E-state index < -0.39 is 59.6 Å². The van der Waals surface area contributed by atoms with Crippen molar-refractivity contribution in [2.45, 2.75) is 316 Å². The van der Waals surface area contributed by atoms with E-state index >= 15 is 0 Å². The summed E-state index contributed by atoms with van der Waals surface area (Å²) in [6.45, 7) is 21.2. The predicted octanol–water partition coefficient (Wildman–Crippen LogP) is 11.7. The minimum atomic E-state index is -0.857. The standard InChI is InChI=1S/C85H133N5O12/c1-46-17-26-72(97)88-54-30-33-81(5)51(37-54)40-67(92)76-60-25-22-58(85(60,9)70(95)43-63(76)81)48(3)19-28-74(99)90-65(16-13-35-86-79(101)102-45-49-14-11-10-12-15-49)78(100)89-55-31-34-82(6)52(38-55)41-68(93)77-61-24-21-57(84(61,8)71(96)44-64(77)82)47(2)18-27-73(98)87-53-29-32-80(4)50(36-53)39-66(91)75-59-23-20-56(46)83(59,7)69(94)42-62(75)80/h10-12,14-15,46-48,50-71,75-77,91-96H,13,16-45H2,1-9H3,(H,86,101)(H,87,98)(H,88,97)(H,89,100)(H,90,99)/t46-,47-,48-,50+,51+,52+,53-,54-,55-,56-,57-,58-,59+,60+,61+,62+,63+,64+,65+,66-,67-,68-,69+,70+,71+,75+,76+,77+,80+,81+,82+,83-,84-,85-/m1/s1. The van der Waals surface area contributed by atoms with Crippen molar-refractivity contribution in [2.75, 3.05) is 6.54 Å². The fourth-order valence-electron chi connectivity index (χ4n) is 29.2. The summed E-state index contributed by atoms with van der Waals surface area (Å²) in [6, 6.07) is 8.50. The number of hydrogen-bond donors (Lipinski definition) is 11. The van der Waals surface area contributed by atoms with Gasteiger partial charge in [-0.05, 0) is 312 Å². The van der Waals surface area contributed by atoms with Crippen molar-refractivity contribution in [3.63, 3.8) is 0 Å². The zero-order valence-corrected chi connectivity index (χ0v) is 63.6. The van der Waals surface area contributed by atoms with Gasteiger partial charge in [-0.1, -0.05) is 92.6 Å². The third-order valence-electron chi connectivity index (χ3n) is 35.0. The first-order valence-corrected chi connectivity index (χ1v) is 41.7. The number of rotatable bonds is 6. The lowest BCUT2D eigenvalue weighted by molar-refractivity contribution is -0.202. The van der Waals surface area contributed by atoms with Crippen LogP contribution < -0.4 is 26.6 Å². The SMILES string of the molecule is C[C@@H]1CCC(=O)N[C@@H]2CC[C@@]3(C)[C@@H](C2)C[C@@H](O)[C@@H]2[C@@H]3C[C@H](O)[C@]3(C)[C@H](CC[C@@H]23)[C@H](C)CCC(=O)N[C@@H](CCCNC(=O)OCc2ccccc2)C(=O)N[C@@H]2CC[C@@]3(C)[C@@H](C2)C[C@@H](O)[C@@H]2[C@@H]3C[C@H](O)[C@]3(C)[C@H](CC[C@@H]23)[C@H](C)CCC(=O)N[C@@H]2CC[C@@]3(C)[C@@H](C2)C[C@@H](O)[C@@H]2[C@@H]3C[C@H](O)[C@]3(C)[C@@H]1CC[C@@H]23. The maximum Gasteiger partial charge on any atom is 0.407 e. The summed E-state index contributed by atoms with van der Waals surface area (Å²) in [5.74, 6) is 2.45. The number of fused-ring (bicyclic) bond motifs is 1. The molecule has 25 aliphatic rings. The van der Waals surface area contributed by atoms with Gasteiger partial charge in [0, 0.05) is 43.9 Å². The number of carbonyl (C=O) groups excluding carboxylic acids is 5. The normalized spacial score (nSPS) is 51.2. The molecule has 0 spiro atoms. The van der Waals surface area contributed by atoms with Crippen LogP contribution in [0.1, 0.15) is 254 Å². The van der Waals surface area contributed by atoms with Gasteiger partial charge < -0.3 is 62.0 Å². The maximum absolute atomic E-state index is 14.8. The van der Waals surface area contributed by atoms with Crippen LogP contribution in [0.15, 0.2) is 30.3 Å². The van der Waals surface area contributed by atoms with Crippen molar-refractivity contribution in [1.29, 1.82) is 0 Å². The van der Waals surface area contributed by atoms with Crippen LogP contribution in [0.3, 0.4) is 0 Å². The van der Waals surface area contributed by atoms with Crippen LogP contribution in [-0.2, 0) is 30.5 Å². The topological polar surface area (TPSA) is 276 Å². The molecule has 5 amide bonds.